The van der Waals surface area contributed by atoms with Crippen molar-refractivity contribution in [1.82, 2.24) is 0 Å². The maximum atomic E-state index is 13.2. The van der Waals surface area contributed by atoms with E-state index in [1.807, 2.05) is 6.92 Å². The van der Waals surface area contributed by atoms with Gasteiger partial charge in [-0.1, -0.05) is 6.92 Å². The van der Waals surface area contributed by atoms with Gasteiger partial charge < -0.3 is 14.2 Å². The van der Waals surface area contributed by atoms with Crippen molar-refractivity contribution < 1.29 is 18.6 Å². The summed E-state index contributed by atoms with van der Waals surface area (Å²) in [5.41, 5.74) is 0.631. The van der Waals surface area contributed by atoms with Crippen LogP contribution in [0.3, 0.4) is 0 Å². The highest BCUT2D eigenvalue weighted by molar-refractivity contribution is 5.35. The summed E-state index contributed by atoms with van der Waals surface area (Å²) in [7, 11) is 0. The second-order valence-electron chi connectivity index (χ2n) is 3.60. The molecular weight excluding hydrogens is 211 g/mol. The molecule has 1 aliphatic heterocycles. The molecule has 0 bridgehead atoms. The maximum absolute atomic E-state index is 13.2. The Bertz CT molecular complexity index is 348. The van der Waals surface area contributed by atoms with E-state index in [1.54, 1.807) is 6.07 Å². The number of benzene rings is 1. The summed E-state index contributed by atoms with van der Waals surface area (Å²) >= 11 is 0. The fourth-order valence-corrected chi connectivity index (χ4v) is 1.58. The minimum atomic E-state index is -0.498. The fraction of sp³-hybridized carbons (Fsp3) is 0.500. The smallest absolute Gasteiger partial charge is 0.187 e. The zero-order valence-electron chi connectivity index (χ0n) is 9.24. The van der Waals surface area contributed by atoms with Crippen LogP contribution in [0.5, 0.6) is 5.75 Å². The average Bonchev–Trinajstić information content (AvgIpc) is 2.80. The highest BCUT2D eigenvalue weighted by Gasteiger charge is 2.22. The molecule has 2 rings (SSSR count). The van der Waals surface area contributed by atoms with E-state index in [1.165, 1.54) is 12.1 Å². The molecule has 0 saturated carbocycles. The van der Waals surface area contributed by atoms with E-state index in [2.05, 4.69) is 0 Å². The Labute approximate surface area is 94.1 Å². The normalized spacial score (nSPS) is 16.6. The fourth-order valence-electron chi connectivity index (χ4n) is 1.58. The third kappa shape index (κ3) is 2.51. The van der Waals surface area contributed by atoms with Crippen molar-refractivity contribution >= 4 is 0 Å². The van der Waals surface area contributed by atoms with Crippen molar-refractivity contribution in [2.75, 3.05) is 19.8 Å². The molecule has 1 heterocycles. The molecular formula is C12H15FO3. The molecule has 0 unspecified atom stereocenters. The second-order valence-corrected chi connectivity index (χ2v) is 3.60. The highest BCUT2D eigenvalue weighted by atomic mass is 19.1. The van der Waals surface area contributed by atoms with Gasteiger partial charge in [0.15, 0.2) is 6.29 Å². The van der Waals surface area contributed by atoms with E-state index < -0.39 is 6.29 Å². The molecule has 16 heavy (non-hydrogen) atoms. The van der Waals surface area contributed by atoms with Gasteiger partial charge in [-0.05, 0) is 24.6 Å². The van der Waals surface area contributed by atoms with Crippen LogP contribution in [0.25, 0.3) is 0 Å². The number of hydrogen-bond donors (Lipinski definition) is 0. The summed E-state index contributed by atoms with van der Waals surface area (Å²) in [5.74, 6) is 0.327. The molecule has 0 radical (unpaired) electrons. The molecule has 1 aliphatic rings. The lowest BCUT2D eigenvalue weighted by Gasteiger charge is -2.15. The number of hydrogen-bond acceptors (Lipinski definition) is 3. The SMILES string of the molecule is CCCOc1ccc(F)cc1C1OCCO1. The van der Waals surface area contributed by atoms with Gasteiger partial charge in [-0.15, -0.1) is 0 Å². The molecule has 0 aliphatic carbocycles. The summed E-state index contributed by atoms with van der Waals surface area (Å²) in [6, 6.07) is 4.40. The van der Waals surface area contributed by atoms with Gasteiger partial charge in [-0.3, -0.25) is 0 Å². The van der Waals surface area contributed by atoms with Crippen LogP contribution in [0.4, 0.5) is 4.39 Å². The van der Waals surface area contributed by atoms with Crippen LogP contribution < -0.4 is 4.74 Å². The monoisotopic (exact) mass is 226 g/mol. The van der Waals surface area contributed by atoms with Gasteiger partial charge in [0.1, 0.15) is 11.6 Å². The van der Waals surface area contributed by atoms with Crippen LogP contribution in [-0.2, 0) is 9.47 Å². The molecule has 0 aromatic heterocycles. The predicted octanol–water partition coefficient (Wildman–Crippen LogP) is 2.66. The molecule has 1 saturated heterocycles. The van der Waals surface area contributed by atoms with Crippen molar-refractivity contribution in [2.45, 2.75) is 19.6 Å². The number of halogens is 1. The van der Waals surface area contributed by atoms with E-state index in [0.717, 1.165) is 6.42 Å². The zero-order chi connectivity index (χ0) is 11.4. The van der Waals surface area contributed by atoms with Crippen LogP contribution >= 0.6 is 0 Å². The lowest BCUT2D eigenvalue weighted by Crippen LogP contribution is -2.04. The Hall–Kier alpha value is -1.13. The van der Waals surface area contributed by atoms with Crippen LogP contribution in [0.2, 0.25) is 0 Å². The van der Waals surface area contributed by atoms with Gasteiger partial charge in [0.05, 0.1) is 25.4 Å². The topological polar surface area (TPSA) is 27.7 Å². The highest BCUT2D eigenvalue weighted by Crippen LogP contribution is 2.31. The van der Waals surface area contributed by atoms with Crippen molar-refractivity contribution in [1.29, 1.82) is 0 Å². The van der Waals surface area contributed by atoms with Crippen LogP contribution in [0.15, 0.2) is 18.2 Å². The molecule has 1 fully saturated rings. The first-order valence-corrected chi connectivity index (χ1v) is 5.46. The molecule has 1 aromatic rings. The first-order valence-electron chi connectivity index (χ1n) is 5.46. The Morgan fingerprint density at radius 3 is 2.81 bits per heavy atom. The lowest BCUT2D eigenvalue weighted by molar-refractivity contribution is -0.0459. The minimum Gasteiger partial charge on any atom is -0.493 e. The number of rotatable bonds is 4. The Morgan fingerprint density at radius 1 is 1.38 bits per heavy atom. The van der Waals surface area contributed by atoms with Crippen LogP contribution in [-0.4, -0.2) is 19.8 Å². The van der Waals surface area contributed by atoms with E-state index in [0.29, 0.717) is 31.1 Å². The van der Waals surface area contributed by atoms with Crippen molar-refractivity contribution in [3.8, 4) is 5.75 Å². The van der Waals surface area contributed by atoms with E-state index in [9.17, 15) is 4.39 Å². The van der Waals surface area contributed by atoms with Gasteiger partial charge in [0.25, 0.3) is 0 Å². The predicted molar refractivity (Wildman–Crippen MR) is 56.8 cm³/mol. The second kappa shape index (κ2) is 5.27. The quantitative estimate of drug-likeness (QED) is 0.790. The molecule has 0 atom stereocenters. The molecule has 4 heteroatoms. The van der Waals surface area contributed by atoms with Crippen molar-refractivity contribution in [3.63, 3.8) is 0 Å². The molecule has 88 valence electrons. The van der Waals surface area contributed by atoms with Gasteiger partial charge in [0, 0.05) is 0 Å². The third-order valence-electron chi connectivity index (χ3n) is 2.31. The van der Waals surface area contributed by atoms with Gasteiger partial charge >= 0.3 is 0 Å². The largest absolute Gasteiger partial charge is 0.493 e. The average molecular weight is 226 g/mol. The summed E-state index contributed by atoms with van der Waals surface area (Å²) in [6.45, 7) is 3.69. The first kappa shape index (κ1) is 11.4. The minimum absolute atomic E-state index is 0.307. The third-order valence-corrected chi connectivity index (χ3v) is 2.31. The lowest BCUT2D eigenvalue weighted by atomic mass is 10.2. The maximum Gasteiger partial charge on any atom is 0.187 e. The van der Waals surface area contributed by atoms with E-state index in [4.69, 9.17) is 14.2 Å². The molecule has 3 nitrogen and oxygen atoms in total. The van der Waals surface area contributed by atoms with Crippen molar-refractivity contribution in [3.05, 3.63) is 29.6 Å². The number of ether oxygens (including phenoxy) is 3. The molecule has 0 amide bonds. The zero-order valence-corrected chi connectivity index (χ0v) is 9.24. The molecule has 0 N–H and O–H groups in total. The standard InChI is InChI=1S/C12H15FO3/c1-2-5-14-11-4-3-9(13)8-10(11)12-15-6-7-16-12/h3-4,8,12H,2,5-7H2,1H3. The van der Waals surface area contributed by atoms with Gasteiger partial charge in [0.2, 0.25) is 0 Å². The Morgan fingerprint density at radius 2 is 2.12 bits per heavy atom. The summed E-state index contributed by atoms with van der Waals surface area (Å²) in [4.78, 5) is 0. The molecule has 1 aromatic carbocycles. The Balaban J connectivity index is 2.21. The Kier molecular flexibility index (Phi) is 3.74. The van der Waals surface area contributed by atoms with E-state index in [-0.39, 0.29) is 5.82 Å². The first-order chi connectivity index (χ1) is 7.81. The summed E-state index contributed by atoms with van der Waals surface area (Å²) in [6.07, 6.45) is 0.408. The van der Waals surface area contributed by atoms with Crippen LogP contribution in [0.1, 0.15) is 25.2 Å². The van der Waals surface area contributed by atoms with Crippen molar-refractivity contribution in [2.24, 2.45) is 0 Å². The van der Waals surface area contributed by atoms with Gasteiger partial charge in [-0.2, -0.15) is 0 Å². The van der Waals surface area contributed by atoms with E-state index >= 15 is 0 Å². The summed E-state index contributed by atoms with van der Waals surface area (Å²) in [5, 5.41) is 0. The van der Waals surface area contributed by atoms with Gasteiger partial charge in [-0.25, -0.2) is 4.39 Å². The molecule has 0 spiro atoms. The van der Waals surface area contributed by atoms with Crippen LogP contribution in [0, 0.1) is 5.82 Å². The summed E-state index contributed by atoms with van der Waals surface area (Å²) < 4.78 is 29.4.